The van der Waals surface area contributed by atoms with E-state index in [2.05, 4.69) is 10.2 Å². The van der Waals surface area contributed by atoms with Gasteiger partial charge in [-0.15, -0.1) is 10.2 Å². The average Bonchev–Trinajstić information content (AvgIpc) is 1.76. The van der Waals surface area contributed by atoms with E-state index < -0.39 is 5.79 Å². The molecule has 0 spiro atoms. The number of nitrogens with zero attached hydrogens (tertiary/aromatic N) is 2. The molecule has 3 heteroatoms. The summed E-state index contributed by atoms with van der Waals surface area (Å²) in [5, 5.41) is 6.88. The average molecular weight is 71.1 g/mol. The summed E-state index contributed by atoms with van der Waals surface area (Å²) in [6.45, 7) is 1.74. The predicted molar refractivity (Wildman–Crippen MR) is 17.4 cm³/mol. The lowest BCUT2D eigenvalue weighted by molar-refractivity contribution is 0.709. The lowest BCUT2D eigenvalue weighted by atomic mass is 10.6. The fourth-order valence-electron chi connectivity index (χ4n) is 0.0789. The Balaban J connectivity index is 2.47. The molecule has 0 unspecified atom stereocenters. The Bertz CT molecular complexity index is 65.0. The first-order valence-electron chi connectivity index (χ1n) is 1.44. The predicted octanol–water partition coefficient (Wildman–Crippen LogP) is 0.0846. The molecule has 0 radical (unpaired) electrons. The molecule has 1 aliphatic rings. The standard InChI is InChI=1S/C2H5N3/c1-2(3)4-5-2/h3H2,1H3. The maximum absolute atomic E-state index is 5.13. The van der Waals surface area contributed by atoms with Crippen LogP contribution in [0.3, 0.4) is 0 Å². The highest BCUT2D eigenvalue weighted by Crippen LogP contribution is 2.17. The van der Waals surface area contributed by atoms with Crippen molar-refractivity contribution >= 4 is 0 Å². The summed E-state index contributed by atoms with van der Waals surface area (Å²) in [7, 11) is 0. The Labute approximate surface area is 29.9 Å². The van der Waals surface area contributed by atoms with Gasteiger partial charge in [0.25, 0.3) is 0 Å². The van der Waals surface area contributed by atoms with Crippen LogP contribution in [0.15, 0.2) is 10.2 Å². The Morgan fingerprint density at radius 2 is 1.80 bits per heavy atom. The van der Waals surface area contributed by atoms with Gasteiger partial charge in [0.2, 0.25) is 5.79 Å². The van der Waals surface area contributed by atoms with E-state index in [-0.39, 0.29) is 0 Å². The normalized spacial score (nSPS) is 26.8. The quantitative estimate of drug-likeness (QED) is 0.432. The lowest BCUT2D eigenvalue weighted by Gasteiger charge is -1.81. The van der Waals surface area contributed by atoms with Crippen molar-refractivity contribution in [1.82, 2.24) is 0 Å². The largest absolute Gasteiger partial charge is 0.286 e. The molecule has 0 saturated carbocycles. The molecule has 1 aliphatic heterocycles. The van der Waals surface area contributed by atoms with Crippen molar-refractivity contribution < 1.29 is 0 Å². The monoisotopic (exact) mass is 71.0 g/mol. The summed E-state index contributed by atoms with van der Waals surface area (Å²) in [4.78, 5) is 0. The molecule has 0 atom stereocenters. The third kappa shape index (κ3) is 0.417. The van der Waals surface area contributed by atoms with Gasteiger partial charge in [0.15, 0.2) is 0 Å². The second-order valence-electron chi connectivity index (χ2n) is 1.29. The van der Waals surface area contributed by atoms with Crippen LogP contribution in [0.2, 0.25) is 0 Å². The van der Waals surface area contributed by atoms with Crippen LogP contribution in [0, 0.1) is 0 Å². The summed E-state index contributed by atoms with van der Waals surface area (Å²) >= 11 is 0. The second kappa shape index (κ2) is 0.408. The molecule has 0 saturated heterocycles. The molecule has 0 bridgehead atoms. The Morgan fingerprint density at radius 1 is 1.60 bits per heavy atom. The number of rotatable bonds is 0. The minimum Gasteiger partial charge on any atom is -0.286 e. The molecule has 0 aromatic carbocycles. The van der Waals surface area contributed by atoms with Crippen molar-refractivity contribution in [2.75, 3.05) is 0 Å². The third-order valence-electron chi connectivity index (χ3n) is 0.415. The SMILES string of the molecule is CC1(N)N=N1. The van der Waals surface area contributed by atoms with E-state index in [1.807, 2.05) is 0 Å². The summed E-state index contributed by atoms with van der Waals surface area (Å²) in [6.07, 6.45) is 0. The molecule has 5 heavy (non-hydrogen) atoms. The van der Waals surface area contributed by atoms with Crippen molar-refractivity contribution in [3.63, 3.8) is 0 Å². The van der Waals surface area contributed by atoms with Crippen LogP contribution in [0.5, 0.6) is 0 Å². The topological polar surface area (TPSA) is 50.7 Å². The molecule has 2 N–H and O–H groups in total. The van der Waals surface area contributed by atoms with Crippen molar-refractivity contribution in [3.8, 4) is 0 Å². The number of hydrogen-bond acceptors (Lipinski definition) is 3. The lowest BCUT2D eigenvalue weighted by Crippen LogP contribution is -2.16. The number of nitrogens with two attached hydrogens (primary N) is 1. The maximum atomic E-state index is 5.13. The Morgan fingerprint density at radius 3 is 1.80 bits per heavy atom. The van der Waals surface area contributed by atoms with Gasteiger partial charge in [-0.05, 0) is 6.92 Å². The number of hydrogen-bond donors (Lipinski definition) is 1. The van der Waals surface area contributed by atoms with Crippen molar-refractivity contribution in [2.45, 2.75) is 12.7 Å². The van der Waals surface area contributed by atoms with Crippen LogP contribution < -0.4 is 5.73 Å². The van der Waals surface area contributed by atoms with Gasteiger partial charge in [-0.25, -0.2) is 0 Å². The first kappa shape index (κ1) is 2.78. The summed E-state index contributed by atoms with van der Waals surface area (Å²) in [5.41, 5.74) is 5.13. The fraction of sp³-hybridized carbons (Fsp3) is 1.00. The molecular formula is C2H5N3. The minimum absolute atomic E-state index is 0.500. The third-order valence-corrected chi connectivity index (χ3v) is 0.415. The van der Waals surface area contributed by atoms with E-state index in [1.54, 1.807) is 6.92 Å². The van der Waals surface area contributed by atoms with Crippen LogP contribution in [0.4, 0.5) is 0 Å². The van der Waals surface area contributed by atoms with Gasteiger partial charge in [-0.1, -0.05) is 0 Å². The summed E-state index contributed by atoms with van der Waals surface area (Å²) < 4.78 is 0. The van der Waals surface area contributed by atoms with E-state index in [4.69, 9.17) is 5.73 Å². The van der Waals surface area contributed by atoms with E-state index in [9.17, 15) is 0 Å². The minimum atomic E-state index is -0.500. The van der Waals surface area contributed by atoms with Crippen LogP contribution in [-0.4, -0.2) is 5.79 Å². The van der Waals surface area contributed by atoms with Crippen LogP contribution in [0.1, 0.15) is 6.92 Å². The summed E-state index contributed by atoms with van der Waals surface area (Å²) in [5.74, 6) is -0.500. The van der Waals surface area contributed by atoms with Gasteiger partial charge in [0.1, 0.15) is 0 Å². The molecule has 0 aliphatic carbocycles. The van der Waals surface area contributed by atoms with Gasteiger partial charge >= 0.3 is 0 Å². The van der Waals surface area contributed by atoms with Gasteiger partial charge in [0.05, 0.1) is 0 Å². The van der Waals surface area contributed by atoms with Crippen LogP contribution in [-0.2, 0) is 0 Å². The van der Waals surface area contributed by atoms with Gasteiger partial charge in [-0.2, -0.15) is 0 Å². The van der Waals surface area contributed by atoms with E-state index in [0.29, 0.717) is 0 Å². The van der Waals surface area contributed by atoms with E-state index >= 15 is 0 Å². The zero-order valence-corrected chi connectivity index (χ0v) is 2.97. The zero-order valence-electron chi connectivity index (χ0n) is 2.97. The molecule has 0 amide bonds. The van der Waals surface area contributed by atoms with Gasteiger partial charge in [0, 0.05) is 0 Å². The van der Waals surface area contributed by atoms with E-state index in [0.717, 1.165) is 0 Å². The highest BCUT2D eigenvalue weighted by Gasteiger charge is 2.26. The first-order valence-corrected chi connectivity index (χ1v) is 1.44. The molecule has 1 rings (SSSR count). The fourth-order valence-corrected chi connectivity index (χ4v) is 0.0789. The van der Waals surface area contributed by atoms with Crippen molar-refractivity contribution in [3.05, 3.63) is 0 Å². The van der Waals surface area contributed by atoms with Crippen LogP contribution in [0.25, 0.3) is 0 Å². The molecular weight excluding hydrogens is 66.0 g/mol. The molecule has 0 aromatic heterocycles. The highest BCUT2D eigenvalue weighted by atomic mass is 15.5. The zero-order chi connectivity index (χ0) is 3.91. The summed E-state index contributed by atoms with van der Waals surface area (Å²) in [6, 6.07) is 0. The Hall–Kier alpha value is -0.440. The van der Waals surface area contributed by atoms with Crippen molar-refractivity contribution in [2.24, 2.45) is 16.0 Å². The highest BCUT2D eigenvalue weighted by molar-refractivity contribution is 4.78. The molecule has 0 aromatic rings. The van der Waals surface area contributed by atoms with E-state index in [1.165, 1.54) is 0 Å². The van der Waals surface area contributed by atoms with Crippen LogP contribution >= 0.6 is 0 Å². The molecule has 28 valence electrons. The van der Waals surface area contributed by atoms with Crippen molar-refractivity contribution in [1.29, 1.82) is 0 Å². The van der Waals surface area contributed by atoms with Gasteiger partial charge in [-0.3, -0.25) is 5.73 Å². The molecule has 0 fully saturated rings. The van der Waals surface area contributed by atoms with Gasteiger partial charge < -0.3 is 0 Å². The first-order chi connectivity index (χ1) is 2.21. The smallest absolute Gasteiger partial charge is 0.237 e. The second-order valence-corrected chi connectivity index (χ2v) is 1.29. The maximum Gasteiger partial charge on any atom is 0.237 e. The molecule has 3 nitrogen and oxygen atoms in total. The Kier molecular flexibility index (Phi) is 0.227. The molecule has 1 heterocycles.